The zero-order chi connectivity index (χ0) is 15.2. The highest BCUT2D eigenvalue weighted by Gasteiger charge is 2.15. The van der Waals surface area contributed by atoms with E-state index in [0.29, 0.717) is 28.6 Å². The molecule has 0 unspecified atom stereocenters. The summed E-state index contributed by atoms with van der Waals surface area (Å²) in [5.41, 5.74) is 1.32. The van der Waals surface area contributed by atoms with Crippen LogP contribution in [0, 0.1) is 0 Å². The molecule has 1 heterocycles. The van der Waals surface area contributed by atoms with E-state index in [1.165, 1.54) is 14.2 Å². The molecule has 1 amide bonds. The van der Waals surface area contributed by atoms with Crippen LogP contribution in [0.2, 0.25) is 5.02 Å². The fraction of sp³-hybridized carbons (Fsp3) is 0.200. The van der Waals surface area contributed by atoms with Crippen LogP contribution in [0.3, 0.4) is 0 Å². The molecule has 0 spiro atoms. The minimum Gasteiger partial charge on any atom is -0.493 e. The van der Waals surface area contributed by atoms with Gasteiger partial charge in [-0.2, -0.15) is 0 Å². The third-order valence-corrected chi connectivity index (χ3v) is 3.15. The molecule has 0 aliphatic heterocycles. The molecule has 5 nitrogen and oxygen atoms in total. The van der Waals surface area contributed by atoms with E-state index >= 15 is 0 Å². The second-order valence-electron chi connectivity index (χ2n) is 4.24. The maximum Gasteiger partial charge on any atom is 0.251 e. The summed E-state index contributed by atoms with van der Waals surface area (Å²) < 4.78 is 10.3. The van der Waals surface area contributed by atoms with E-state index < -0.39 is 0 Å². The number of ether oxygens (including phenoxy) is 2. The number of nitrogens with zero attached hydrogens (tertiary/aromatic N) is 1. The molecule has 1 aromatic heterocycles. The SMILES string of the molecule is COc1cc(C(=O)NCc2cccnc2)cc(Cl)c1OC. The number of hydrogen-bond acceptors (Lipinski definition) is 4. The van der Waals surface area contributed by atoms with Gasteiger partial charge in [-0.3, -0.25) is 9.78 Å². The minimum absolute atomic E-state index is 0.248. The molecule has 0 atom stereocenters. The van der Waals surface area contributed by atoms with Gasteiger partial charge in [-0.1, -0.05) is 17.7 Å². The van der Waals surface area contributed by atoms with Gasteiger partial charge in [0, 0.05) is 24.5 Å². The van der Waals surface area contributed by atoms with Gasteiger partial charge < -0.3 is 14.8 Å². The lowest BCUT2D eigenvalue weighted by atomic mass is 10.1. The van der Waals surface area contributed by atoms with Crippen LogP contribution in [0.4, 0.5) is 0 Å². The lowest BCUT2D eigenvalue weighted by molar-refractivity contribution is 0.0950. The molecule has 2 aromatic rings. The summed E-state index contributed by atoms with van der Waals surface area (Å²) in [6.45, 7) is 0.388. The van der Waals surface area contributed by atoms with Gasteiger partial charge in [0.1, 0.15) is 0 Å². The molecule has 0 aliphatic rings. The van der Waals surface area contributed by atoms with Gasteiger partial charge in [0.15, 0.2) is 11.5 Å². The summed E-state index contributed by atoms with van der Waals surface area (Å²) in [5.74, 6) is 0.571. The standard InChI is InChI=1S/C15H15ClN2O3/c1-20-13-7-11(6-12(16)14(13)21-2)15(19)18-9-10-4-3-5-17-8-10/h3-8H,9H2,1-2H3,(H,18,19). The van der Waals surface area contributed by atoms with Crippen molar-refractivity contribution < 1.29 is 14.3 Å². The van der Waals surface area contributed by atoms with Crippen LogP contribution < -0.4 is 14.8 Å². The first-order valence-electron chi connectivity index (χ1n) is 6.24. The number of aromatic nitrogens is 1. The smallest absolute Gasteiger partial charge is 0.251 e. The van der Waals surface area contributed by atoms with Crippen LogP contribution in [0.25, 0.3) is 0 Å². The van der Waals surface area contributed by atoms with Crippen LogP contribution >= 0.6 is 11.6 Å². The number of hydrogen-bond donors (Lipinski definition) is 1. The molecule has 0 saturated carbocycles. The van der Waals surface area contributed by atoms with Gasteiger partial charge in [-0.15, -0.1) is 0 Å². The molecule has 0 radical (unpaired) electrons. The maximum absolute atomic E-state index is 12.2. The summed E-state index contributed by atoms with van der Waals surface area (Å²) in [5, 5.41) is 3.12. The Morgan fingerprint density at radius 2 is 2.14 bits per heavy atom. The number of carbonyl (C=O) groups excluding carboxylic acids is 1. The number of carbonyl (C=O) groups is 1. The average molecular weight is 307 g/mol. The molecule has 21 heavy (non-hydrogen) atoms. The van der Waals surface area contributed by atoms with Gasteiger partial charge in [-0.25, -0.2) is 0 Å². The van der Waals surface area contributed by atoms with Crippen molar-refractivity contribution in [2.75, 3.05) is 14.2 Å². The molecule has 6 heteroatoms. The maximum atomic E-state index is 12.2. The third kappa shape index (κ3) is 3.64. The molecule has 0 aliphatic carbocycles. The predicted molar refractivity (Wildman–Crippen MR) is 80.0 cm³/mol. The Kier molecular flexibility index (Phi) is 5.00. The van der Waals surface area contributed by atoms with Crippen molar-refractivity contribution in [2.24, 2.45) is 0 Å². The molecule has 110 valence electrons. The highest BCUT2D eigenvalue weighted by atomic mass is 35.5. The summed E-state index contributed by atoms with van der Waals surface area (Å²) in [7, 11) is 2.98. The number of methoxy groups -OCH3 is 2. The number of nitrogens with one attached hydrogen (secondary N) is 1. The summed E-state index contributed by atoms with van der Waals surface area (Å²) in [6.07, 6.45) is 3.38. The summed E-state index contributed by atoms with van der Waals surface area (Å²) in [4.78, 5) is 16.1. The Labute approximate surface area is 127 Å². The van der Waals surface area contributed by atoms with E-state index in [1.54, 1.807) is 24.5 Å². The largest absolute Gasteiger partial charge is 0.493 e. The zero-order valence-electron chi connectivity index (χ0n) is 11.7. The topological polar surface area (TPSA) is 60.5 Å². The highest BCUT2D eigenvalue weighted by Crippen LogP contribution is 2.35. The number of pyridine rings is 1. The first kappa shape index (κ1) is 15.1. The second-order valence-corrected chi connectivity index (χ2v) is 4.64. The monoisotopic (exact) mass is 306 g/mol. The zero-order valence-corrected chi connectivity index (χ0v) is 12.5. The van der Waals surface area contributed by atoms with Crippen molar-refractivity contribution in [1.82, 2.24) is 10.3 Å². The van der Waals surface area contributed by atoms with Gasteiger partial charge in [0.05, 0.1) is 19.2 Å². The van der Waals surface area contributed by atoms with Crippen molar-refractivity contribution in [1.29, 1.82) is 0 Å². The van der Waals surface area contributed by atoms with Crippen LogP contribution in [0.15, 0.2) is 36.7 Å². The molecule has 2 rings (SSSR count). The fourth-order valence-electron chi connectivity index (χ4n) is 1.84. The van der Waals surface area contributed by atoms with Crippen LogP contribution in [-0.4, -0.2) is 25.1 Å². The molecule has 0 bridgehead atoms. The van der Waals surface area contributed by atoms with E-state index in [0.717, 1.165) is 5.56 Å². The highest BCUT2D eigenvalue weighted by molar-refractivity contribution is 6.32. The number of amides is 1. The van der Waals surface area contributed by atoms with Crippen molar-refractivity contribution >= 4 is 17.5 Å². The fourth-order valence-corrected chi connectivity index (χ4v) is 2.12. The first-order chi connectivity index (χ1) is 10.2. The lowest BCUT2D eigenvalue weighted by Crippen LogP contribution is -2.22. The minimum atomic E-state index is -0.248. The Morgan fingerprint density at radius 3 is 2.76 bits per heavy atom. The van der Waals surface area contributed by atoms with E-state index in [9.17, 15) is 4.79 Å². The quantitative estimate of drug-likeness (QED) is 0.922. The Balaban J connectivity index is 2.14. The van der Waals surface area contributed by atoms with Crippen LogP contribution in [0.1, 0.15) is 15.9 Å². The molecule has 1 aromatic carbocycles. The van der Waals surface area contributed by atoms with E-state index in [-0.39, 0.29) is 5.91 Å². The molecular formula is C15H15ClN2O3. The number of benzene rings is 1. The Morgan fingerprint density at radius 1 is 1.33 bits per heavy atom. The summed E-state index contributed by atoms with van der Waals surface area (Å²) >= 11 is 6.08. The van der Waals surface area contributed by atoms with Crippen molar-refractivity contribution in [3.8, 4) is 11.5 Å². The third-order valence-electron chi connectivity index (χ3n) is 2.87. The second kappa shape index (κ2) is 6.95. The number of halogens is 1. The van der Waals surface area contributed by atoms with Gasteiger partial charge >= 0.3 is 0 Å². The van der Waals surface area contributed by atoms with Gasteiger partial charge in [0.25, 0.3) is 5.91 Å². The van der Waals surface area contributed by atoms with E-state index in [2.05, 4.69) is 10.3 Å². The first-order valence-corrected chi connectivity index (χ1v) is 6.62. The van der Waals surface area contributed by atoms with E-state index in [1.807, 2.05) is 12.1 Å². The average Bonchev–Trinajstić information content (AvgIpc) is 2.52. The molecule has 0 fully saturated rings. The molecular weight excluding hydrogens is 292 g/mol. The Bertz CT molecular complexity index is 632. The normalized spacial score (nSPS) is 10.0. The van der Waals surface area contributed by atoms with Crippen molar-refractivity contribution in [3.63, 3.8) is 0 Å². The number of rotatable bonds is 5. The van der Waals surface area contributed by atoms with Crippen molar-refractivity contribution in [2.45, 2.75) is 6.54 Å². The predicted octanol–water partition coefficient (Wildman–Crippen LogP) is 2.68. The van der Waals surface area contributed by atoms with Crippen LogP contribution in [0.5, 0.6) is 11.5 Å². The van der Waals surface area contributed by atoms with Crippen molar-refractivity contribution in [3.05, 3.63) is 52.8 Å². The van der Waals surface area contributed by atoms with E-state index in [4.69, 9.17) is 21.1 Å². The van der Waals surface area contributed by atoms with Gasteiger partial charge in [0.2, 0.25) is 0 Å². The molecule has 0 saturated heterocycles. The Hall–Kier alpha value is -2.27. The molecule has 1 N–H and O–H groups in total. The van der Waals surface area contributed by atoms with Gasteiger partial charge in [-0.05, 0) is 23.8 Å². The lowest BCUT2D eigenvalue weighted by Gasteiger charge is -2.12. The van der Waals surface area contributed by atoms with Crippen LogP contribution in [-0.2, 0) is 6.54 Å². The summed E-state index contributed by atoms with van der Waals surface area (Å²) in [6, 6.07) is 6.83.